The van der Waals surface area contributed by atoms with E-state index in [9.17, 15) is 9.59 Å². The minimum absolute atomic E-state index is 0.282. The highest BCUT2D eigenvalue weighted by Crippen LogP contribution is 2.37. The van der Waals surface area contributed by atoms with Crippen LogP contribution < -0.4 is 9.47 Å². The molecule has 2 heterocycles. The Labute approximate surface area is 337 Å². The molecule has 2 saturated heterocycles. The molecule has 2 atom stereocenters. The smallest absolute Gasteiger partial charge is 0.333 e. The first-order chi connectivity index (χ1) is 24.9. The summed E-state index contributed by atoms with van der Waals surface area (Å²) in [5.41, 5.74) is 7.03. The summed E-state index contributed by atoms with van der Waals surface area (Å²) in [6, 6.07) is 8.57. The van der Waals surface area contributed by atoms with Crippen molar-refractivity contribution in [2.75, 3.05) is 59.2 Å². The maximum atomic E-state index is 12.4. The third kappa shape index (κ3) is 14.0. The predicted molar refractivity (Wildman–Crippen MR) is 232 cm³/mol. The summed E-state index contributed by atoms with van der Waals surface area (Å²) in [5.74, 6) is 9.22. The van der Waals surface area contributed by atoms with E-state index >= 15 is 0 Å². The first-order valence-corrected chi connectivity index (χ1v) is 24.2. The highest BCUT2D eigenvalue weighted by atomic mass is 32.2. The minimum Gasteiger partial charge on any atom is -0.489 e. The average Bonchev–Trinajstić information content (AvgIpc) is 3.82. The van der Waals surface area contributed by atoms with Gasteiger partial charge in [0.25, 0.3) is 0 Å². The number of hydrogen-bond acceptors (Lipinski definition) is 12. The molecule has 0 saturated carbocycles. The Balaban J connectivity index is 1.37. The number of thioether (sulfide) groups is 6. The first-order valence-electron chi connectivity index (χ1n) is 17.7. The summed E-state index contributed by atoms with van der Waals surface area (Å²) in [7, 11) is 0. The van der Waals surface area contributed by atoms with Crippen LogP contribution in [0.5, 0.6) is 11.5 Å². The molecule has 2 aromatic carbocycles. The number of carbonyl (C=O) groups is 2. The minimum atomic E-state index is -0.381. The van der Waals surface area contributed by atoms with E-state index < -0.39 is 0 Å². The Morgan fingerprint density at radius 3 is 1.29 bits per heavy atom. The Morgan fingerprint density at radius 2 is 0.981 bits per heavy atom. The van der Waals surface area contributed by atoms with Gasteiger partial charge in [-0.25, -0.2) is 9.59 Å². The molecule has 12 heteroatoms. The van der Waals surface area contributed by atoms with Gasteiger partial charge in [0.1, 0.15) is 36.9 Å². The Hall–Kier alpha value is -1.44. The van der Waals surface area contributed by atoms with Gasteiger partial charge in [0.2, 0.25) is 0 Å². The van der Waals surface area contributed by atoms with Crippen LogP contribution in [-0.2, 0) is 19.1 Å². The predicted octanol–water partition coefficient (Wildman–Crippen LogP) is 10.2. The van der Waals surface area contributed by atoms with Crippen LogP contribution in [0, 0.1) is 27.7 Å². The number of aryl methyl sites for hydroxylation is 4. The van der Waals surface area contributed by atoms with Crippen molar-refractivity contribution in [2.45, 2.75) is 75.8 Å². The molecule has 0 N–H and O–H groups in total. The zero-order chi connectivity index (χ0) is 37.6. The van der Waals surface area contributed by atoms with E-state index in [2.05, 4.69) is 65.1 Å². The third-order valence-corrected chi connectivity index (χ3v) is 16.9. The SMILES string of the molecule is C=C(C)C(=O)OC(COc1c(C)cc(-c2cc(C)c(OCC(CSCCC3SCCS3)OC(=O)C(=C)C)c(C)c2)cc1C)CSCCC1SCCS1. The largest absolute Gasteiger partial charge is 0.489 e. The van der Waals surface area contributed by atoms with Crippen LogP contribution in [0.4, 0.5) is 0 Å². The van der Waals surface area contributed by atoms with Gasteiger partial charge in [0.05, 0.1) is 9.16 Å². The molecule has 0 bridgehead atoms. The van der Waals surface area contributed by atoms with Gasteiger partial charge in [-0.15, -0.1) is 47.0 Å². The van der Waals surface area contributed by atoms with E-state index in [1.165, 1.54) is 23.0 Å². The molecule has 6 nitrogen and oxygen atoms in total. The lowest BCUT2D eigenvalue weighted by atomic mass is 9.96. The molecule has 52 heavy (non-hydrogen) atoms. The molecule has 0 amide bonds. The molecule has 0 spiro atoms. The molecule has 2 fully saturated rings. The van der Waals surface area contributed by atoms with E-state index in [0.29, 0.717) is 31.8 Å². The van der Waals surface area contributed by atoms with Crippen LogP contribution in [0.3, 0.4) is 0 Å². The molecule has 2 unspecified atom stereocenters. The first kappa shape index (κ1) is 43.3. The van der Waals surface area contributed by atoms with E-state index in [4.69, 9.17) is 18.9 Å². The monoisotopic (exact) mass is 822 g/mol. The summed E-state index contributed by atoms with van der Waals surface area (Å²) in [4.78, 5) is 24.9. The van der Waals surface area contributed by atoms with Crippen LogP contribution in [0.15, 0.2) is 48.6 Å². The van der Waals surface area contributed by atoms with Crippen molar-refractivity contribution in [3.05, 3.63) is 70.8 Å². The highest BCUT2D eigenvalue weighted by Gasteiger charge is 2.22. The molecule has 0 aliphatic carbocycles. The lowest BCUT2D eigenvalue weighted by Crippen LogP contribution is -2.28. The van der Waals surface area contributed by atoms with E-state index in [1.54, 1.807) is 13.8 Å². The quantitative estimate of drug-likeness (QED) is 0.0684. The molecule has 2 aliphatic rings. The fourth-order valence-electron chi connectivity index (χ4n) is 5.71. The molecule has 4 rings (SSSR count). The van der Waals surface area contributed by atoms with Crippen LogP contribution >= 0.6 is 70.6 Å². The van der Waals surface area contributed by atoms with Crippen LogP contribution in [-0.4, -0.2) is 92.5 Å². The van der Waals surface area contributed by atoms with Gasteiger partial charge in [-0.1, -0.05) is 13.2 Å². The molecule has 286 valence electrons. The summed E-state index contributed by atoms with van der Waals surface area (Å²) < 4.78 is 25.6. The maximum absolute atomic E-state index is 12.4. The van der Waals surface area contributed by atoms with Gasteiger partial charge in [-0.05, 0) is 124 Å². The van der Waals surface area contributed by atoms with E-state index in [1.807, 2.05) is 70.6 Å². The fourth-order valence-corrected chi connectivity index (χ4v) is 14.0. The lowest BCUT2D eigenvalue weighted by Gasteiger charge is -2.22. The summed E-state index contributed by atoms with van der Waals surface area (Å²) in [5, 5.41) is 0. The van der Waals surface area contributed by atoms with Crippen molar-refractivity contribution < 1.29 is 28.5 Å². The van der Waals surface area contributed by atoms with Gasteiger partial charge in [-0.3, -0.25) is 0 Å². The molecule has 0 radical (unpaired) electrons. The van der Waals surface area contributed by atoms with Crippen molar-refractivity contribution in [3.63, 3.8) is 0 Å². The number of benzene rings is 2. The molecule has 0 aromatic heterocycles. The molecular weight excluding hydrogens is 769 g/mol. The second-order valence-corrected chi connectivity index (χ2v) is 21.3. The van der Waals surface area contributed by atoms with Crippen LogP contribution in [0.25, 0.3) is 11.1 Å². The summed E-state index contributed by atoms with van der Waals surface area (Å²) in [6.07, 6.45) is 1.56. The number of hydrogen-bond donors (Lipinski definition) is 0. The third-order valence-electron chi connectivity index (χ3n) is 8.31. The summed E-state index contributed by atoms with van der Waals surface area (Å²) >= 11 is 11.8. The molecule has 2 aliphatic heterocycles. The number of rotatable bonds is 21. The van der Waals surface area contributed by atoms with Gasteiger partial charge < -0.3 is 18.9 Å². The molecule has 2 aromatic rings. The number of esters is 2. The van der Waals surface area contributed by atoms with E-state index in [-0.39, 0.29) is 37.4 Å². The normalized spacial score (nSPS) is 16.0. The van der Waals surface area contributed by atoms with Gasteiger partial charge in [0, 0.05) is 45.7 Å². The Morgan fingerprint density at radius 1 is 0.654 bits per heavy atom. The van der Waals surface area contributed by atoms with E-state index in [0.717, 1.165) is 69.2 Å². The fraction of sp³-hybridized carbons (Fsp3) is 0.550. The van der Waals surface area contributed by atoms with Crippen molar-refractivity contribution in [2.24, 2.45) is 0 Å². The van der Waals surface area contributed by atoms with Crippen molar-refractivity contribution in [1.29, 1.82) is 0 Å². The van der Waals surface area contributed by atoms with Gasteiger partial charge in [0.15, 0.2) is 0 Å². The highest BCUT2D eigenvalue weighted by molar-refractivity contribution is 8.20. The van der Waals surface area contributed by atoms with Crippen molar-refractivity contribution in [3.8, 4) is 22.6 Å². The Bertz CT molecular complexity index is 1370. The lowest BCUT2D eigenvalue weighted by molar-refractivity contribution is -0.145. The summed E-state index contributed by atoms with van der Waals surface area (Å²) in [6.45, 7) is 19.7. The topological polar surface area (TPSA) is 71.1 Å². The molecular formula is C40H54O6S6. The van der Waals surface area contributed by atoms with Crippen LogP contribution in [0.2, 0.25) is 0 Å². The second-order valence-electron chi connectivity index (χ2n) is 13.2. The van der Waals surface area contributed by atoms with Crippen molar-refractivity contribution >= 4 is 82.5 Å². The standard InChI is InChI=1S/C40H54O6S6/c1-25(2)39(41)45-33(23-47-11-9-35-49-13-14-50-35)21-43-37-27(5)17-31(18-28(37)6)32-19-29(7)38(30(8)20-32)44-22-34(46-40(42)26(3)4)24-48-12-10-36-51-15-16-52-36/h17-20,33-36H,1,3,9-16,21-24H2,2,4-8H3. The number of carbonyl (C=O) groups excluding carboxylic acids is 2. The Kier molecular flexibility index (Phi) is 18.5. The average molecular weight is 823 g/mol. The zero-order valence-electron chi connectivity index (χ0n) is 31.4. The second kappa shape index (κ2) is 22.2. The van der Waals surface area contributed by atoms with Gasteiger partial charge >= 0.3 is 11.9 Å². The van der Waals surface area contributed by atoms with Crippen LogP contribution in [0.1, 0.15) is 48.9 Å². The van der Waals surface area contributed by atoms with Gasteiger partial charge in [-0.2, -0.15) is 23.5 Å². The maximum Gasteiger partial charge on any atom is 0.333 e. The van der Waals surface area contributed by atoms with Crippen molar-refractivity contribution in [1.82, 2.24) is 0 Å². The number of ether oxygens (including phenoxy) is 4. The zero-order valence-corrected chi connectivity index (χ0v) is 36.3.